The van der Waals surface area contributed by atoms with Gasteiger partial charge in [0, 0.05) is 23.9 Å². The van der Waals surface area contributed by atoms with E-state index in [-0.39, 0.29) is 18.2 Å². The first-order chi connectivity index (χ1) is 9.51. The van der Waals surface area contributed by atoms with Crippen molar-refractivity contribution >= 4 is 23.5 Å². The van der Waals surface area contributed by atoms with Crippen molar-refractivity contribution in [2.45, 2.75) is 18.9 Å². The molecule has 0 saturated carbocycles. The lowest BCUT2D eigenvalue weighted by Gasteiger charge is -2.27. The summed E-state index contributed by atoms with van der Waals surface area (Å²) >= 11 is 5.85. The number of likely N-dealkylation sites (tertiary alicyclic amines) is 1. The van der Waals surface area contributed by atoms with Crippen molar-refractivity contribution in [2.75, 3.05) is 6.54 Å². The van der Waals surface area contributed by atoms with Crippen LogP contribution < -0.4 is 0 Å². The van der Waals surface area contributed by atoms with Gasteiger partial charge in [0.2, 0.25) is 5.91 Å². The summed E-state index contributed by atoms with van der Waals surface area (Å²) in [5.41, 5.74) is 0.787. The Morgan fingerprint density at radius 1 is 1.50 bits per heavy atom. The number of amides is 1. The Labute approximate surface area is 122 Å². The van der Waals surface area contributed by atoms with Gasteiger partial charge in [-0.1, -0.05) is 29.8 Å². The molecule has 0 bridgehead atoms. The molecular formula is C15H16ClNO3. The molecule has 2 unspecified atom stereocenters. The maximum absolute atomic E-state index is 12.1. The minimum atomic E-state index is -0.931. The number of hydrogen-bond acceptors (Lipinski definition) is 2. The van der Waals surface area contributed by atoms with E-state index in [1.54, 1.807) is 35.2 Å². The molecular weight excluding hydrogens is 278 g/mol. The third kappa shape index (κ3) is 3.20. The van der Waals surface area contributed by atoms with Gasteiger partial charge < -0.3 is 10.0 Å². The first-order valence-electron chi connectivity index (χ1n) is 6.40. The second-order valence-electron chi connectivity index (χ2n) is 4.91. The standard InChI is InChI=1S/C15H16ClNO3/c1-2-10-7-14(18)17(9-10)13(8-15(19)20)11-3-5-12(16)6-4-11/h2-6,10,13H,1,7-9H2,(H,19,20). The van der Waals surface area contributed by atoms with Gasteiger partial charge in [0.15, 0.2) is 0 Å². The van der Waals surface area contributed by atoms with Crippen LogP contribution in [0.15, 0.2) is 36.9 Å². The molecule has 1 aromatic carbocycles. The Balaban J connectivity index is 2.28. The maximum atomic E-state index is 12.1. The summed E-state index contributed by atoms with van der Waals surface area (Å²) < 4.78 is 0. The van der Waals surface area contributed by atoms with Gasteiger partial charge in [-0.05, 0) is 17.7 Å². The van der Waals surface area contributed by atoms with Gasteiger partial charge in [-0.25, -0.2) is 0 Å². The fraction of sp³-hybridized carbons (Fsp3) is 0.333. The predicted molar refractivity (Wildman–Crippen MR) is 76.5 cm³/mol. The lowest BCUT2D eigenvalue weighted by molar-refractivity contribution is -0.139. The molecule has 4 nitrogen and oxygen atoms in total. The molecule has 0 radical (unpaired) electrons. The predicted octanol–water partition coefficient (Wildman–Crippen LogP) is 2.89. The molecule has 1 aliphatic heterocycles. The van der Waals surface area contributed by atoms with Crippen LogP contribution in [0.25, 0.3) is 0 Å². The zero-order valence-corrected chi connectivity index (χ0v) is 11.7. The molecule has 1 N–H and O–H groups in total. The topological polar surface area (TPSA) is 57.6 Å². The van der Waals surface area contributed by atoms with Crippen LogP contribution in [0.3, 0.4) is 0 Å². The number of carboxylic acid groups (broad SMARTS) is 1. The molecule has 106 valence electrons. The number of carboxylic acids is 1. The Morgan fingerprint density at radius 3 is 2.65 bits per heavy atom. The van der Waals surface area contributed by atoms with E-state index in [9.17, 15) is 9.59 Å². The van der Waals surface area contributed by atoms with Gasteiger partial charge in [-0.15, -0.1) is 6.58 Å². The Kier molecular flexibility index (Phi) is 4.45. The highest BCUT2D eigenvalue weighted by atomic mass is 35.5. The van der Waals surface area contributed by atoms with E-state index in [1.807, 2.05) is 0 Å². The summed E-state index contributed by atoms with van der Waals surface area (Å²) in [6.45, 7) is 4.22. The monoisotopic (exact) mass is 293 g/mol. The summed E-state index contributed by atoms with van der Waals surface area (Å²) in [7, 11) is 0. The van der Waals surface area contributed by atoms with Crippen LogP contribution in [0.1, 0.15) is 24.4 Å². The van der Waals surface area contributed by atoms with Crippen LogP contribution in [-0.2, 0) is 9.59 Å². The van der Waals surface area contributed by atoms with Crippen molar-refractivity contribution in [3.8, 4) is 0 Å². The smallest absolute Gasteiger partial charge is 0.305 e. The first-order valence-corrected chi connectivity index (χ1v) is 6.78. The van der Waals surface area contributed by atoms with Crippen molar-refractivity contribution in [1.82, 2.24) is 4.90 Å². The second-order valence-corrected chi connectivity index (χ2v) is 5.35. The van der Waals surface area contributed by atoms with E-state index in [1.165, 1.54) is 0 Å². The summed E-state index contributed by atoms with van der Waals surface area (Å²) in [6.07, 6.45) is 2.03. The van der Waals surface area contributed by atoms with Crippen LogP contribution in [-0.4, -0.2) is 28.4 Å². The third-order valence-corrected chi connectivity index (χ3v) is 3.77. The number of nitrogens with zero attached hydrogens (tertiary/aromatic N) is 1. The van der Waals surface area contributed by atoms with Gasteiger partial charge in [-0.3, -0.25) is 9.59 Å². The zero-order chi connectivity index (χ0) is 14.7. The molecule has 5 heteroatoms. The summed E-state index contributed by atoms with van der Waals surface area (Å²) in [5.74, 6) is -0.873. The maximum Gasteiger partial charge on any atom is 0.305 e. The van der Waals surface area contributed by atoms with Crippen molar-refractivity contribution < 1.29 is 14.7 Å². The zero-order valence-electron chi connectivity index (χ0n) is 11.0. The van der Waals surface area contributed by atoms with Crippen LogP contribution in [0.2, 0.25) is 5.02 Å². The number of halogens is 1. The molecule has 0 spiro atoms. The van der Waals surface area contributed by atoms with Crippen molar-refractivity contribution in [2.24, 2.45) is 5.92 Å². The molecule has 1 fully saturated rings. The van der Waals surface area contributed by atoms with Gasteiger partial charge in [-0.2, -0.15) is 0 Å². The van der Waals surface area contributed by atoms with Gasteiger partial charge in [0.1, 0.15) is 0 Å². The second kappa shape index (κ2) is 6.09. The molecule has 2 atom stereocenters. The molecule has 20 heavy (non-hydrogen) atoms. The minimum absolute atomic E-state index is 0.0314. The van der Waals surface area contributed by atoms with Crippen LogP contribution in [0, 0.1) is 5.92 Å². The first kappa shape index (κ1) is 14.6. The van der Waals surface area contributed by atoms with Crippen molar-refractivity contribution in [3.63, 3.8) is 0 Å². The highest BCUT2D eigenvalue weighted by Gasteiger charge is 2.34. The summed E-state index contributed by atoms with van der Waals surface area (Å²) in [6, 6.07) is 6.49. The lowest BCUT2D eigenvalue weighted by Crippen LogP contribution is -2.31. The van der Waals surface area contributed by atoms with E-state index in [4.69, 9.17) is 16.7 Å². The van der Waals surface area contributed by atoms with Crippen LogP contribution in [0.4, 0.5) is 0 Å². The van der Waals surface area contributed by atoms with Gasteiger partial charge in [0.05, 0.1) is 12.5 Å². The minimum Gasteiger partial charge on any atom is -0.481 e. The van der Waals surface area contributed by atoms with Crippen molar-refractivity contribution in [3.05, 3.63) is 47.5 Å². The average Bonchev–Trinajstić information content (AvgIpc) is 2.78. The van der Waals surface area contributed by atoms with Gasteiger partial charge in [0.25, 0.3) is 0 Å². The van der Waals surface area contributed by atoms with Crippen LogP contribution >= 0.6 is 11.6 Å². The van der Waals surface area contributed by atoms with E-state index >= 15 is 0 Å². The molecule has 0 aliphatic carbocycles. The largest absolute Gasteiger partial charge is 0.481 e. The Bertz CT molecular complexity index is 526. The quantitative estimate of drug-likeness (QED) is 0.849. The SMILES string of the molecule is C=CC1CC(=O)N(C(CC(=O)O)c2ccc(Cl)cc2)C1. The fourth-order valence-electron chi connectivity index (χ4n) is 2.48. The molecule has 1 aromatic rings. The number of aliphatic carboxylic acids is 1. The van der Waals surface area contributed by atoms with E-state index in [0.29, 0.717) is 18.0 Å². The van der Waals surface area contributed by atoms with E-state index in [0.717, 1.165) is 5.56 Å². The molecule has 1 saturated heterocycles. The highest BCUT2D eigenvalue weighted by Crippen LogP contribution is 2.32. The van der Waals surface area contributed by atoms with E-state index < -0.39 is 12.0 Å². The summed E-state index contributed by atoms with van der Waals surface area (Å²) in [5, 5.41) is 9.67. The van der Waals surface area contributed by atoms with Gasteiger partial charge >= 0.3 is 5.97 Å². The summed E-state index contributed by atoms with van der Waals surface area (Å²) in [4.78, 5) is 24.8. The Morgan fingerprint density at radius 2 is 2.15 bits per heavy atom. The molecule has 2 rings (SSSR count). The third-order valence-electron chi connectivity index (χ3n) is 3.52. The van der Waals surface area contributed by atoms with E-state index in [2.05, 4.69) is 6.58 Å². The fourth-order valence-corrected chi connectivity index (χ4v) is 2.60. The molecule has 1 heterocycles. The molecule has 1 aliphatic rings. The molecule has 1 amide bonds. The molecule has 0 aromatic heterocycles. The highest BCUT2D eigenvalue weighted by molar-refractivity contribution is 6.30. The van der Waals surface area contributed by atoms with Crippen LogP contribution in [0.5, 0.6) is 0 Å². The number of rotatable bonds is 5. The average molecular weight is 294 g/mol. The normalized spacial score (nSPS) is 19.9. The lowest BCUT2D eigenvalue weighted by atomic mass is 10.0. The number of carbonyl (C=O) groups is 2. The Hall–Kier alpha value is -1.81. The number of carbonyl (C=O) groups excluding carboxylic acids is 1. The number of hydrogen-bond donors (Lipinski definition) is 1. The van der Waals surface area contributed by atoms with Crippen molar-refractivity contribution in [1.29, 1.82) is 0 Å². The number of benzene rings is 1.